The summed E-state index contributed by atoms with van der Waals surface area (Å²) in [5, 5.41) is 7.07. The minimum Gasteiger partial charge on any atom is -0.350 e. The van der Waals surface area contributed by atoms with Gasteiger partial charge in [-0.3, -0.25) is 9.69 Å². The summed E-state index contributed by atoms with van der Waals surface area (Å²) in [5.74, 6) is 0.0812. The van der Waals surface area contributed by atoms with E-state index in [2.05, 4.69) is 51.6 Å². The topological polar surface area (TPSA) is 47.6 Å². The van der Waals surface area contributed by atoms with Crippen molar-refractivity contribution in [3.8, 4) is 0 Å². The largest absolute Gasteiger partial charge is 0.350 e. The number of aryl methyl sites for hydroxylation is 1. The van der Waals surface area contributed by atoms with Crippen LogP contribution >= 0.6 is 12.2 Å². The monoisotopic (exact) mass is 362 g/mol. The first-order valence-corrected chi connectivity index (χ1v) is 9.36. The summed E-state index contributed by atoms with van der Waals surface area (Å²) in [5.41, 5.74) is 2.16. The number of nitrogens with zero attached hydrogens (tertiary/aromatic N) is 2. The number of piperazine rings is 1. The van der Waals surface area contributed by atoms with Crippen molar-refractivity contribution < 1.29 is 4.79 Å². The van der Waals surface area contributed by atoms with Crippen molar-refractivity contribution in [1.82, 2.24) is 15.1 Å². The summed E-state index contributed by atoms with van der Waals surface area (Å²) in [6, 6.07) is 8.38. The summed E-state index contributed by atoms with van der Waals surface area (Å²) in [4.78, 5) is 16.4. The first-order chi connectivity index (χ1) is 11.8. The Morgan fingerprint density at radius 1 is 1.12 bits per heavy atom. The van der Waals surface area contributed by atoms with Gasteiger partial charge in [0.15, 0.2) is 5.11 Å². The Bertz CT molecular complexity index is 586. The number of benzene rings is 1. The molecule has 0 saturated carbocycles. The van der Waals surface area contributed by atoms with Crippen molar-refractivity contribution in [1.29, 1.82) is 0 Å². The Morgan fingerprint density at radius 3 is 2.24 bits per heavy atom. The fourth-order valence-electron chi connectivity index (χ4n) is 2.80. The second-order valence-electron chi connectivity index (χ2n) is 7.54. The lowest BCUT2D eigenvalue weighted by atomic mass is 10.1. The predicted octanol–water partition coefficient (Wildman–Crippen LogP) is 2.48. The van der Waals surface area contributed by atoms with Gasteiger partial charge in [-0.15, -0.1) is 0 Å². The van der Waals surface area contributed by atoms with E-state index in [-0.39, 0.29) is 11.4 Å². The van der Waals surface area contributed by atoms with Gasteiger partial charge in [0.1, 0.15) is 0 Å². The zero-order valence-electron chi connectivity index (χ0n) is 15.8. The molecular weight excluding hydrogens is 332 g/mol. The summed E-state index contributed by atoms with van der Waals surface area (Å²) >= 11 is 5.53. The fraction of sp³-hybridized carbons (Fsp3) is 0.579. The molecule has 0 unspecified atom stereocenters. The van der Waals surface area contributed by atoms with Gasteiger partial charge in [-0.25, -0.2) is 0 Å². The molecule has 0 atom stereocenters. The number of hydrogen-bond acceptors (Lipinski definition) is 3. The molecule has 0 aliphatic carbocycles. The highest BCUT2D eigenvalue weighted by molar-refractivity contribution is 7.80. The number of hydrogen-bond donors (Lipinski definition) is 2. The van der Waals surface area contributed by atoms with Crippen LogP contribution in [0.15, 0.2) is 24.3 Å². The van der Waals surface area contributed by atoms with Crippen LogP contribution in [0.5, 0.6) is 0 Å². The molecule has 1 saturated heterocycles. The second-order valence-corrected chi connectivity index (χ2v) is 7.93. The number of amides is 1. The number of carbonyl (C=O) groups is 1. The van der Waals surface area contributed by atoms with Gasteiger partial charge < -0.3 is 15.5 Å². The van der Waals surface area contributed by atoms with Crippen LogP contribution in [0.3, 0.4) is 0 Å². The highest BCUT2D eigenvalue weighted by Crippen LogP contribution is 2.12. The van der Waals surface area contributed by atoms with E-state index < -0.39 is 0 Å². The molecule has 138 valence electrons. The Labute approximate surface area is 156 Å². The molecule has 1 fully saturated rings. The molecule has 1 aliphatic rings. The molecule has 0 aromatic heterocycles. The summed E-state index contributed by atoms with van der Waals surface area (Å²) in [6.45, 7) is 11.9. The Balaban J connectivity index is 1.77. The smallest absolute Gasteiger partial charge is 0.234 e. The molecule has 1 amide bonds. The van der Waals surface area contributed by atoms with Crippen molar-refractivity contribution in [2.75, 3.05) is 38.0 Å². The van der Waals surface area contributed by atoms with Crippen LogP contribution in [0.1, 0.15) is 33.3 Å². The first kappa shape index (κ1) is 19.7. The molecule has 1 aliphatic heterocycles. The molecule has 1 aromatic rings. The van der Waals surface area contributed by atoms with Crippen LogP contribution in [0.4, 0.5) is 5.69 Å². The Morgan fingerprint density at radius 2 is 1.72 bits per heavy atom. The summed E-state index contributed by atoms with van der Waals surface area (Å²) in [7, 11) is 0. The lowest BCUT2D eigenvalue weighted by molar-refractivity contribution is -0.123. The van der Waals surface area contributed by atoms with E-state index in [9.17, 15) is 4.79 Å². The van der Waals surface area contributed by atoms with Crippen molar-refractivity contribution >= 4 is 28.9 Å². The third-order valence-corrected chi connectivity index (χ3v) is 4.51. The number of nitrogens with one attached hydrogen (secondary N) is 2. The summed E-state index contributed by atoms with van der Waals surface area (Å²) < 4.78 is 0. The van der Waals surface area contributed by atoms with Gasteiger partial charge in [-0.1, -0.05) is 19.1 Å². The Hall–Kier alpha value is -1.66. The second kappa shape index (κ2) is 8.63. The Kier molecular flexibility index (Phi) is 6.79. The fourth-order valence-corrected chi connectivity index (χ4v) is 3.10. The van der Waals surface area contributed by atoms with E-state index in [0.29, 0.717) is 6.54 Å². The molecule has 2 rings (SSSR count). The SMILES string of the molecule is CCc1ccc(NC(=S)N2CCN(CC(=O)NC(C)(C)C)CC2)cc1. The maximum Gasteiger partial charge on any atom is 0.234 e. The van der Waals surface area contributed by atoms with E-state index >= 15 is 0 Å². The number of rotatable bonds is 4. The minimum absolute atomic E-state index is 0.0812. The zero-order chi connectivity index (χ0) is 18.4. The van der Waals surface area contributed by atoms with Crippen LogP contribution in [0.2, 0.25) is 0 Å². The van der Waals surface area contributed by atoms with Gasteiger partial charge in [0.25, 0.3) is 0 Å². The van der Waals surface area contributed by atoms with Crippen molar-refractivity contribution in [2.24, 2.45) is 0 Å². The maximum absolute atomic E-state index is 12.0. The molecule has 1 heterocycles. The van der Waals surface area contributed by atoms with Crippen LogP contribution in [0, 0.1) is 0 Å². The van der Waals surface area contributed by atoms with Crippen LogP contribution in [0.25, 0.3) is 0 Å². The molecule has 6 heteroatoms. The minimum atomic E-state index is -0.183. The van der Waals surface area contributed by atoms with E-state index in [1.807, 2.05) is 20.8 Å². The van der Waals surface area contributed by atoms with Crippen molar-refractivity contribution in [3.63, 3.8) is 0 Å². The standard InChI is InChI=1S/C19H30N4OS/c1-5-15-6-8-16(9-7-15)20-18(25)23-12-10-22(11-13-23)14-17(24)21-19(2,3)4/h6-9H,5,10-14H2,1-4H3,(H,20,25)(H,21,24). The molecule has 0 bridgehead atoms. The predicted molar refractivity (Wildman–Crippen MR) is 108 cm³/mol. The van der Waals surface area contributed by atoms with Crippen LogP contribution in [-0.2, 0) is 11.2 Å². The van der Waals surface area contributed by atoms with Gasteiger partial charge in [-0.05, 0) is 57.1 Å². The van der Waals surface area contributed by atoms with Crippen LogP contribution < -0.4 is 10.6 Å². The molecule has 0 radical (unpaired) electrons. The van der Waals surface area contributed by atoms with Crippen LogP contribution in [-0.4, -0.2) is 59.1 Å². The normalized spacial score (nSPS) is 15.8. The molecule has 1 aromatic carbocycles. The number of anilines is 1. The summed E-state index contributed by atoms with van der Waals surface area (Å²) in [6.07, 6.45) is 1.04. The van der Waals surface area contributed by atoms with Crippen molar-refractivity contribution in [2.45, 2.75) is 39.7 Å². The van der Waals surface area contributed by atoms with Gasteiger partial charge in [0, 0.05) is 37.4 Å². The lowest BCUT2D eigenvalue weighted by Gasteiger charge is -2.36. The number of carbonyl (C=O) groups excluding carboxylic acids is 1. The third-order valence-electron chi connectivity index (χ3n) is 4.15. The van der Waals surface area contributed by atoms with E-state index in [1.165, 1.54) is 5.56 Å². The molecular formula is C19H30N4OS. The van der Waals surface area contributed by atoms with E-state index in [0.717, 1.165) is 43.4 Å². The average Bonchev–Trinajstić information content (AvgIpc) is 2.54. The lowest BCUT2D eigenvalue weighted by Crippen LogP contribution is -2.53. The van der Waals surface area contributed by atoms with Gasteiger partial charge in [-0.2, -0.15) is 0 Å². The zero-order valence-corrected chi connectivity index (χ0v) is 16.6. The van der Waals surface area contributed by atoms with Gasteiger partial charge in [0.2, 0.25) is 5.91 Å². The molecule has 5 nitrogen and oxygen atoms in total. The first-order valence-electron chi connectivity index (χ1n) is 8.95. The van der Waals surface area contributed by atoms with Crippen molar-refractivity contribution in [3.05, 3.63) is 29.8 Å². The van der Waals surface area contributed by atoms with E-state index in [1.54, 1.807) is 0 Å². The maximum atomic E-state index is 12.0. The van der Waals surface area contributed by atoms with Gasteiger partial charge in [0.05, 0.1) is 6.54 Å². The molecule has 2 N–H and O–H groups in total. The average molecular weight is 363 g/mol. The highest BCUT2D eigenvalue weighted by Gasteiger charge is 2.22. The van der Waals surface area contributed by atoms with E-state index in [4.69, 9.17) is 12.2 Å². The van der Waals surface area contributed by atoms with Gasteiger partial charge >= 0.3 is 0 Å². The molecule has 0 spiro atoms. The number of thiocarbonyl (C=S) groups is 1. The quantitative estimate of drug-likeness (QED) is 0.806. The third kappa shape index (κ3) is 6.63. The highest BCUT2D eigenvalue weighted by atomic mass is 32.1. The molecule has 25 heavy (non-hydrogen) atoms.